The molecule has 0 unspecified atom stereocenters. The summed E-state index contributed by atoms with van der Waals surface area (Å²) in [5, 5.41) is 12.1. The zero-order valence-electron chi connectivity index (χ0n) is 17.1. The Balaban J connectivity index is 1.46. The van der Waals surface area contributed by atoms with E-state index in [9.17, 15) is 9.59 Å². The van der Waals surface area contributed by atoms with Crippen molar-refractivity contribution in [3.63, 3.8) is 0 Å². The highest BCUT2D eigenvalue weighted by Crippen LogP contribution is 2.22. The molecule has 7 nitrogen and oxygen atoms in total. The molecule has 0 bridgehead atoms. The Bertz CT molecular complexity index is 1210. The van der Waals surface area contributed by atoms with Crippen LogP contribution in [-0.2, 0) is 11.2 Å². The van der Waals surface area contributed by atoms with Crippen LogP contribution >= 0.6 is 11.3 Å². The van der Waals surface area contributed by atoms with Crippen LogP contribution in [0.25, 0.3) is 5.82 Å². The Morgan fingerprint density at radius 1 is 1.00 bits per heavy atom. The quantitative estimate of drug-likeness (QED) is 0.474. The second kappa shape index (κ2) is 8.93. The lowest BCUT2D eigenvalue weighted by atomic mass is 10.2. The summed E-state index contributed by atoms with van der Waals surface area (Å²) in [4.78, 5) is 30.4. The lowest BCUT2D eigenvalue weighted by molar-refractivity contribution is -0.115. The average Bonchev–Trinajstić information content (AvgIpc) is 3.38. The molecule has 0 spiro atoms. The van der Waals surface area contributed by atoms with E-state index in [1.54, 1.807) is 41.1 Å². The number of amides is 2. The monoisotopic (exact) mass is 431 g/mol. The van der Waals surface area contributed by atoms with Gasteiger partial charge in [-0.2, -0.15) is 5.10 Å². The number of aryl methyl sites for hydroxylation is 2. The molecule has 0 aliphatic heterocycles. The van der Waals surface area contributed by atoms with E-state index in [1.807, 2.05) is 37.4 Å². The van der Waals surface area contributed by atoms with E-state index in [2.05, 4.69) is 20.7 Å². The second-order valence-electron chi connectivity index (χ2n) is 7.05. The summed E-state index contributed by atoms with van der Waals surface area (Å²) in [7, 11) is 0. The number of nitrogens with one attached hydrogen (secondary N) is 2. The third kappa shape index (κ3) is 4.87. The van der Waals surface area contributed by atoms with Gasteiger partial charge in [0.25, 0.3) is 5.91 Å². The Hall–Kier alpha value is -3.78. The van der Waals surface area contributed by atoms with Gasteiger partial charge >= 0.3 is 0 Å². The van der Waals surface area contributed by atoms with Crippen molar-refractivity contribution >= 4 is 34.5 Å². The van der Waals surface area contributed by atoms with Crippen molar-refractivity contribution in [1.82, 2.24) is 14.8 Å². The zero-order chi connectivity index (χ0) is 21.8. The number of nitrogens with zero attached hydrogens (tertiary/aromatic N) is 3. The van der Waals surface area contributed by atoms with Gasteiger partial charge < -0.3 is 10.6 Å². The Morgan fingerprint density at radius 2 is 1.77 bits per heavy atom. The third-order valence-electron chi connectivity index (χ3n) is 4.60. The highest BCUT2D eigenvalue weighted by atomic mass is 32.1. The first kappa shape index (κ1) is 20.5. The molecule has 4 rings (SSSR count). The van der Waals surface area contributed by atoms with Gasteiger partial charge in [-0.1, -0.05) is 18.2 Å². The molecule has 0 saturated carbocycles. The fourth-order valence-corrected chi connectivity index (χ4v) is 3.87. The molecule has 0 atom stereocenters. The fourth-order valence-electron chi connectivity index (χ4n) is 3.17. The molecular formula is C23H21N5O2S. The molecule has 2 amide bonds. The Kier molecular flexibility index (Phi) is 5.90. The van der Waals surface area contributed by atoms with Crippen molar-refractivity contribution in [2.24, 2.45) is 0 Å². The van der Waals surface area contributed by atoms with Crippen molar-refractivity contribution in [3.05, 3.63) is 88.0 Å². The van der Waals surface area contributed by atoms with Gasteiger partial charge in [-0.15, -0.1) is 11.3 Å². The normalized spacial score (nSPS) is 10.6. The fraction of sp³-hybridized carbons (Fsp3) is 0.130. The Morgan fingerprint density at radius 3 is 2.39 bits per heavy atom. The summed E-state index contributed by atoms with van der Waals surface area (Å²) >= 11 is 1.53. The van der Waals surface area contributed by atoms with Crippen LogP contribution in [0.15, 0.2) is 66.2 Å². The molecule has 156 valence electrons. The molecule has 4 aromatic rings. The van der Waals surface area contributed by atoms with E-state index >= 15 is 0 Å². The smallest absolute Gasteiger partial charge is 0.257 e. The number of para-hydroxylation sites is 2. The predicted molar refractivity (Wildman–Crippen MR) is 122 cm³/mol. The molecule has 0 saturated heterocycles. The van der Waals surface area contributed by atoms with Crippen LogP contribution in [0.5, 0.6) is 0 Å². The number of carbonyl (C=O) groups is 2. The minimum atomic E-state index is -0.313. The standard InChI is InChI=1S/C23H21N5O2S/c1-15-12-16(2)28(27-15)21-10-9-17(14-24-21)23(30)26-20-8-4-3-7-19(20)25-22(29)13-18-6-5-11-31-18/h3-12,14H,13H2,1-2H3,(H,25,29)(H,26,30). The number of hydrogen-bond acceptors (Lipinski definition) is 5. The van der Waals surface area contributed by atoms with Gasteiger partial charge in [0.05, 0.1) is 29.1 Å². The lowest BCUT2D eigenvalue weighted by Crippen LogP contribution is -2.18. The molecule has 0 fully saturated rings. The van der Waals surface area contributed by atoms with Gasteiger partial charge in [0.2, 0.25) is 5.91 Å². The number of anilines is 2. The van der Waals surface area contributed by atoms with Crippen LogP contribution in [0.3, 0.4) is 0 Å². The molecule has 3 heterocycles. The number of rotatable bonds is 6. The first-order valence-corrected chi connectivity index (χ1v) is 10.6. The van der Waals surface area contributed by atoms with E-state index in [0.717, 1.165) is 16.3 Å². The molecule has 3 aromatic heterocycles. The number of aromatic nitrogens is 3. The predicted octanol–water partition coefficient (Wildman–Crippen LogP) is 4.38. The number of benzene rings is 1. The van der Waals surface area contributed by atoms with Crippen LogP contribution in [0.2, 0.25) is 0 Å². The van der Waals surface area contributed by atoms with Crippen LogP contribution in [0.1, 0.15) is 26.6 Å². The van der Waals surface area contributed by atoms with Gasteiger partial charge in [0, 0.05) is 16.8 Å². The van der Waals surface area contributed by atoms with Crippen LogP contribution in [0.4, 0.5) is 11.4 Å². The summed E-state index contributed by atoms with van der Waals surface area (Å²) < 4.78 is 1.73. The lowest BCUT2D eigenvalue weighted by Gasteiger charge is -2.12. The van der Waals surface area contributed by atoms with E-state index in [-0.39, 0.29) is 18.2 Å². The van der Waals surface area contributed by atoms with Crippen molar-refractivity contribution in [1.29, 1.82) is 0 Å². The van der Waals surface area contributed by atoms with Crippen LogP contribution < -0.4 is 10.6 Å². The highest BCUT2D eigenvalue weighted by molar-refractivity contribution is 7.10. The zero-order valence-corrected chi connectivity index (χ0v) is 17.9. The summed E-state index contributed by atoms with van der Waals surface area (Å²) in [5.74, 6) is 0.191. The van der Waals surface area contributed by atoms with Crippen molar-refractivity contribution < 1.29 is 9.59 Å². The van der Waals surface area contributed by atoms with Gasteiger partial charge in [0.15, 0.2) is 5.82 Å². The maximum Gasteiger partial charge on any atom is 0.257 e. The van der Waals surface area contributed by atoms with Crippen molar-refractivity contribution in [3.8, 4) is 5.82 Å². The van der Waals surface area contributed by atoms with Crippen LogP contribution in [-0.4, -0.2) is 26.6 Å². The van der Waals surface area contributed by atoms with E-state index in [0.29, 0.717) is 22.8 Å². The SMILES string of the molecule is Cc1cc(C)n(-c2ccc(C(=O)Nc3ccccc3NC(=O)Cc3cccs3)cn2)n1. The minimum absolute atomic E-state index is 0.139. The van der Waals surface area contributed by atoms with E-state index in [1.165, 1.54) is 17.5 Å². The van der Waals surface area contributed by atoms with E-state index in [4.69, 9.17) is 0 Å². The third-order valence-corrected chi connectivity index (χ3v) is 5.48. The van der Waals surface area contributed by atoms with Crippen molar-refractivity contribution in [2.75, 3.05) is 10.6 Å². The molecule has 0 radical (unpaired) electrons. The molecule has 8 heteroatoms. The average molecular weight is 432 g/mol. The number of pyridine rings is 1. The summed E-state index contributed by atoms with van der Waals surface area (Å²) in [5.41, 5.74) is 3.34. The topological polar surface area (TPSA) is 88.9 Å². The number of thiophene rings is 1. The molecule has 31 heavy (non-hydrogen) atoms. The maximum absolute atomic E-state index is 12.7. The molecular weight excluding hydrogens is 410 g/mol. The van der Waals surface area contributed by atoms with Gasteiger partial charge in [-0.05, 0) is 55.6 Å². The second-order valence-corrected chi connectivity index (χ2v) is 8.08. The van der Waals surface area contributed by atoms with Crippen molar-refractivity contribution in [2.45, 2.75) is 20.3 Å². The van der Waals surface area contributed by atoms with E-state index < -0.39 is 0 Å². The molecule has 2 N–H and O–H groups in total. The largest absolute Gasteiger partial charge is 0.324 e. The maximum atomic E-state index is 12.7. The van der Waals surface area contributed by atoms with Gasteiger partial charge in [0.1, 0.15) is 0 Å². The Labute approximate surface area is 183 Å². The summed E-state index contributed by atoms with van der Waals surface area (Å²) in [6.45, 7) is 3.87. The molecule has 0 aliphatic rings. The summed E-state index contributed by atoms with van der Waals surface area (Å²) in [6.07, 6.45) is 1.80. The number of carbonyl (C=O) groups excluding carboxylic acids is 2. The molecule has 1 aromatic carbocycles. The van der Waals surface area contributed by atoms with Gasteiger partial charge in [-0.25, -0.2) is 9.67 Å². The highest BCUT2D eigenvalue weighted by Gasteiger charge is 2.13. The number of hydrogen-bond donors (Lipinski definition) is 2. The first-order valence-electron chi connectivity index (χ1n) is 9.72. The first-order chi connectivity index (χ1) is 15.0. The van der Waals surface area contributed by atoms with Crippen LogP contribution in [0, 0.1) is 13.8 Å². The summed E-state index contributed by atoms with van der Waals surface area (Å²) in [6, 6.07) is 16.4. The van der Waals surface area contributed by atoms with Gasteiger partial charge in [-0.3, -0.25) is 9.59 Å². The minimum Gasteiger partial charge on any atom is -0.324 e. The molecule has 0 aliphatic carbocycles.